The number of aromatic carboxylic acids is 1. The summed E-state index contributed by atoms with van der Waals surface area (Å²) in [7, 11) is 6.50. The third kappa shape index (κ3) is 12.6. The summed E-state index contributed by atoms with van der Waals surface area (Å²) >= 11 is 0. The first kappa shape index (κ1) is 16.1. The van der Waals surface area contributed by atoms with Crippen molar-refractivity contribution in [2.45, 2.75) is 0 Å². The minimum absolute atomic E-state index is 0.331. The van der Waals surface area contributed by atoms with E-state index < -0.39 is 5.97 Å². The normalized spacial score (nSPS) is 7.73. The molecular weight excluding hydrogens is 196 g/mol. The van der Waals surface area contributed by atoms with Crippen molar-refractivity contribution in [3.8, 4) is 0 Å². The Labute approximate surface area is 90.5 Å². The monoisotopic (exact) mass is 214 g/mol. The zero-order valence-corrected chi connectivity index (χ0v) is 9.56. The summed E-state index contributed by atoms with van der Waals surface area (Å²) in [5.41, 5.74) is 0.331. The quantitative estimate of drug-likeness (QED) is 0.775. The van der Waals surface area contributed by atoms with Gasteiger partial charge in [-0.05, 0) is 12.1 Å². The molecule has 0 saturated carbocycles. The topological polar surface area (TPSA) is 55.8 Å². The fourth-order valence-electron chi connectivity index (χ4n) is 0.581. The average Bonchev–Trinajstić information content (AvgIpc) is 2.21. The van der Waals surface area contributed by atoms with E-state index in [2.05, 4.69) is 9.47 Å². The highest BCUT2D eigenvalue weighted by Crippen LogP contribution is 1.96. The van der Waals surface area contributed by atoms with Gasteiger partial charge in [0.1, 0.15) is 0 Å². The number of carboxylic acid groups (broad SMARTS) is 1. The fourth-order valence-corrected chi connectivity index (χ4v) is 0.581. The molecule has 4 nitrogen and oxygen atoms in total. The third-order valence-electron chi connectivity index (χ3n) is 1.02. The van der Waals surface area contributed by atoms with Crippen molar-refractivity contribution in [3.63, 3.8) is 0 Å². The van der Waals surface area contributed by atoms with Crippen LogP contribution in [0.15, 0.2) is 30.3 Å². The summed E-state index contributed by atoms with van der Waals surface area (Å²) in [6, 6.07) is 8.30. The molecule has 15 heavy (non-hydrogen) atoms. The molecule has 86 valence electrons. The Kier molecular flexibility index (Phi) is 13.5. The zero-order valence-electron chi connectivity index (χ0n) is 9.56. The van der Waals surface area contributed by atoms with Gasteiger partial charge in [-0.1, -0.05) is 18.2 Å². The van der Waals surface area contributed by atoms with E-state index in [4.69, 9.17) is 5.11 Å². The molecule has 0 atom stereocenters. The molecule has 0 bridgehead atoms. The van der Waals surface area contributed by atoms with Gasteiger partial charge in [-0.25, -0.2) is 4.79 Å². The van der Waals surface area contributed by atoms with Gasteiger partial charge in [-0.2, -0.15) is 0 Å². The molecule has 0 aromatic heterocycles. The van der Waals surface area contributed by atoms with Crippen LogP contribution in [0.25, 0.3) is 0 Å². The molecule has 0 saturated heterocycles. The largest absolute Gasteiger partial charge is 0.478 e. The lowest BCUT2D eigenvalue weighted by Crippen LogP contribution is -1.93. The minimum Gasteiger partial charge on any atom is -0.478 e. The Hall–Kier alpha value is -1.39. The van der Waals surface area contributed by atoms with E-state index in [1.807, 2.05) is 0 Å². The molecule has 0 radical (unpaired) electrons. The number of methoxy groups -OCH3 is 2. The van der Waals surface area contributed by atoms with Crippen LogP contribution < -0.4 is 0 Å². The molecule has 4 heteroatoms. The number of hydrogen-bond donors (Lipinski definition) is 1. The lowest BCUT2D eigenvalue weighted by Gasteiger charge is -1.88. The van der Waals surface area contributed by atoms with Crippen molar-refractivity contribution in [2.24, 2.45) is 0 Å². The highest BCUT2D eigenvalue weighted by Gasteiger charge is 1.96. The van der Waals surface area contributed by atoms with E-state index in [0.29, 0.717) is 5.56 Å². The number of carbonyl (C=O) groups is 1. The lowest BCUT2D eigenvalue weighted by molar-refractivity contribution is 0.0697. The van der Waals surface area contributed by atoms with Crippen LogP contribution in [0.5, 0.6) is 0 Å². The van der Waals surface area contributed by atoms with E-state index in [1.54, 1.807) is 58.8 Å². The second-order valence-electron chi connectivity index (χ2n) is 2.49. The predicted molar refractivity (Wildman–Crippen MR) is 59.3 cm³/mol. The maximum atomic E-state index is 10.2. The smallest absolute Gasteiger partial charge is 0.335 e. The van der Waals surface area contributed by atoms with Crippen molar-refractivity contribution in [1.29, 1.82) is 0 Å². The van der Waals surface area contributed by atoms with Crippen LogP contribution in [0.2, 0.25) is 0 Å². The number of benzene rings is 1. The molecule has 0 unspecified atom stereocenters. The van der Waals surface area contributed by atoms with Crippen LogP contribution >= 0.6 is 0 Å². The van der Waals surface area contributed by atoms with E-state index in [9.17, 15) is 4.79 Å². The van der Waals surface area contributed by atoms with Gasteiger partial charge >= 0.3 is 5.97 Å². The van der Waals surface area contributed by atoms with Gasteiger partial charge in [0.15, 0.2) is 0 Å². The van der Waals surface area contributed by atoms with Gasteiger partial charge < -0.3 is 14.6 Å². The maximum Gasteiger partial charge on any atom is 0.335 e. The molecule has 0 heterocycles. The molecule has 0 aliphatic carbocycles. The molecule has 0 fully saturated rings. The molecule has 0 aliphatic rings. The Morgan fingerprint density at radius 2 is 1.33 bits per heavy atom. The second-order valence-corrected chi connectivity index (χ2v) is 2.49. The van der Waals surface area contributed by atoms with Crippen LogP contribution in [0.1, 0.15) is 10.4 Å². The van der Waals surface area contributed by atoms with Gasteiger partial charge in [0, 0.05) is 28.4 Å². The Morgan fingerprint density at radius 3 is 1.53 bits per heavy atom. The first-order valence-corrected chi connectivity index (χ1v) is 4.22. The molecule has 1 aromatic rings. The lowest BCUT2D eigenvalue weighted by atomic mass is 10.2. The number of carboxylic acids is 1. The molecule has 0 aliphatic heterocycles. The third-order valence-corrected chi connectivity index (χ3v) is 1.02. The summed E-state index contributed by atoms with van der Waals surface area (Å²) in [4.78, 5) is 10.2. The van der Waals surface area contributed by atoms with Gasteiger partial charge in [0.05, 0.1) is 5.56 Å². The van der Waals surface area contributed by atoms with Gasteiger partial charge in [-0.3, -0.25) is 0 Å². The van der Waals surface area contributed by atoms with E-state index in [1.165, 1.54) is 0 Å². The van der Waals surface area contributed by atoms with Crippen LogP contribution in [0, 0.1) is 0 Å². The standard InChI is InChI=1S/C7H6O2.2C2H6O/c8-7(9)6-4-2-1-3-5-6;2*1-3-2/h1-5H,(H,8,9);2*1-2H3. The number of ether oxygens (including phenoxy) is 2. The van der Waals surface area contributed by atoms with Crippen molar-refractivity contribution in [3.05, 3.63) is 35.9 Å². The Bertz CT molecular complexity index is 232. The maximum absolute atomic E-state index is 10.2. The van der Waals surface area contributed by atoms with Crippen molar-refractivity contribution < 1.29 is 19.4 Å². The van der Waals surface area contributed by atoms with Crippen LogP contribution in [-0.4, -0.2) is 39.5 Å². The molecule has 1 N–H and O–H groups in total. The second kappa shape index (κ2) is 12.6. The average molecular weight is 214 g/mol. The first-order valence-electron chi connectivity index (χ1n) is 4.22. The van der Waals surface area contributed by atoms with E-state index in [-0.39, 0.29) is 0 Å². The molecule has 0 spiro atoms. The van der Waals surface area contributed by atoms with Crippen LogP contribution in [0.3, 0.4) is 0 Å². The number of rotatable bonds is 1. The van der Waals surface area contributed by atoms with Crippen LogP contribution in [-0.2, 0) is 9.47 Å². The molecular formula is C11H18O4. The highest BCUT2D eigenvalue weighted by atomic mass is 16.5. The summed E-state index contributed by atoms with van der Waals surface area (Å²) in [6.07, 6.45) is 0. The predicted octanol–water partition coefficient (Wildman–Crippen LogP) is 1.91. The zero-order chi connectivity index (χ0) is 12.1. The van der Waals surface area contributed by atoms with Gasteiger partial charge in [0.25, 0.3) is 0 Å². The summed E-state index contributed by atoms with van der Waals surface area (Å²) < 4.78 is 8.50. The van der Waals surface area contributed by atoms with Gasteiger partial charge in [0.2, 0.25) is 0 Å². The van der Waals surface area contributed by atoms with Crippen molar-refractivity contribution in [2.75, 3.05) is 28.4 Å². The van der Waals surface area contributed by atoms with E-state index in [0.717, 1.165) is 0 Å². The van der Waals surface area contributed by atoms with E-state index >= 15 is 0 Å². The Balaban J connectivity index is 0. The molecule has 1 aromatic carbocycles. The summed E-state index contributed by atoms with van der Waals surface area (Å²) in [6.45, 7) is 0. The summed E-state index contributed by atoms with van der Waals surface area (Å²) in [5.74, 6) is -0.879. The fraction of sp³-hybridized carbons (Fsp3) is 0.364. The highest BCUT2D eigenvalue weighted by molar-refractivity contribution is 5.87. The van der Waals surface area contributed by atoms with Crippen LogP contribution in [0.4, 0.5) is 0 Å². The number of hydrogen-bond acceptors (Lipinski definition) is 3. The Morgan fingerprint density at radius 1 is 1.00 bits per heavy atom. The molecule has 1 rings (SSSR count). The minimum atomic E-state index is -0.879. The van der Waals surface area contributed by atoms with Gasteiger partial charge in [-0.15, -0.1) is 0 Å². The van der Waals surface area contributed by atoms with Crippen molar-refractivity contribution in [1.82, 2.24) is 0 Å². The SMILES string of the molecule is COC.COC.O=C(O)c1ccccc1. The first-order chi connectivity index (χ1) is 7.13. The van der Waals surface area contributed by atoms with Crippen molar-refractivity contribution >= 4 is 5.97 Å². The molecule has 0 amide bonds. The summed E-state index contributed by atoms with van der Waals surface area (Å²) in [5, 5.41) is 8.38.